The molecule has 0 radical (unpaired) electrons. The highest BCUT2D eigenvalue weighted by atomic mass is 19.1. The second kappa shape index (κ2) is 7.45. The van der Waals surface area contributed by atoms with Crippen molar-refractivity contribution in [3.8, 4) is 5.75 Å². The van der Waals surface area contributed by atoms with Crippen LogP contribution in [0.3, 0.4) is 0 Å². The summed E-state index contributed by atoms with van der Waals surface area (Å²) in [6, 6.07) is 12.6. The van der Waals surface area contributed by atoms with E-state index in [9.17, 15) is 19.4 Å². The Labute approximate surface area is 141 Å². The third kappa shape index (κ3) is 4.80. The first kappa shape index (κ1) is 17.9. The summed E-state index contributed by atoms with van der Waals surface area (Å²) in [5, 5.41) is 22.1. The van der Waals surface area contributed by atoms with Gasteiger partial charge in [0, 0.05) is 11.1 Å². The van der Waals surface area contributed by atoms with Crippen LogP contribution in [0.2, 0.25) is 0 Å². The maximum atomic E-state index is 13.7. The Hall–Kier alpha value is -2.40. The number of hydrogen-bond donors (Lipinski definition) is 3. The predicted molar refractivity (Wildman–Crippen MR) is 90.0 cm³/mol. The smallest absolute Gasteiger partial charge is 0.253 e. The molecule has 2 rings (SSSR count). The molecule has 3 N–H and O–H groups in total. The highest BCUT2D eigenvalue weighted by Crippen LogP contribution is 2.20. The van der Waals surface area contributed by atoms with Gasteiger partial charge in [0.25, 0.3) is 5.91 Å². The molecule has 0 saturated heterocycles. The fraction of sp³-hybridized carbons (Fsp3) is 0.316. The van der Waals surface area contributed by atoms with E-state index in [-0.39, 0.29) is 11.3 Å². The lowest BCUT2D eigenvalue weighted by Crippen LogP contribution is -2.46. The highest BCUT2D eigenvalue weighted by Gasteiger charge is 2.26. The Morgan fingerprint density at radius 3 is 2.42 bits per heavy atom. The fourth-order valence-corrected chi connectivity index (χ4v) is 2.42. The first-order valence-corrected chi connectivity index (χ1v) is 7.81. The maximum absolute atomic E-state index is 13.7. The summed E-state index contributed by atoms with van der Waals surface area (Å²) in [5.41, 5.74) is 0.426. The van der Waals surface area contributed by atoms with Gasteiger partial charge in [0.05, 0.1) is 0 Å². The fourth-order valence-electron chi connectivity index (χ4n) is 2.42. The third-order valence-electron chi connectivity index (χ3n) is 3.88. The summed E-state index contributed by atoms with van der Waals surface area (Å²) in [5.74, 6) is -1.03. The molecule has 128 valence electrons. The number of aromatic hydroxyl groups is 1. The molecule has 0 saturated carbocycles. The summed E-state index contributed by atoms with van der Waals surface area (Å²) in [4.78, 5) is 12.2. The normalized spacial score (nSPS) is 12.7. The van der Waals surface area contributed by atoms with Gasteiger partial charge in [0.1, 0.15) is 11.6 Å². The van der Waals surface area contributed by atoms with Gasteiger partial charge in [-0.25, -0.2) is 4.39 Å². The number of aryl methyl sites for hydroxylation is 1. The molecule has 0 heterocycles. The zero-order valence-electron chi connectivity index (χ0n) is 13.8. The van der Waals surface area contributed by atoms with Crippen LogP contribution in [-0.2, 0) is 11.2 Å². The van der Waals surface area contributed by atoms with Crippen molar-refractivity contribution >= 4 is 5.91 Å². The molecule has 0 spiro atoms. The Morgan fingerprint density at radius 1 is 1.17 bits per heavy atom. The number of halogens is 1. The lowest BCUT2D eigenvalue weighted by atomic mass is 9.94. The first-order chi connectivity index (χ1) is 11.3. The summed E-state index contributed by atoms with van der Waals surface area (Å²) in [6.45, 7) is 3.69. The van der Waals surface area contributed by atoms with Gasteiger partial charge < -0.3 is 15.5 Å². The van der Waals surface area contributed by atoms with E-state index in [1.807, 2.05) is 26.0 Å². The quantitative estimate of drug-likeness (QED) is 0.762. The monoisotopic (exact) mass is 331 g/mol. The topological polar surface area (TPSA) is 69.6 Å². The second-order valence-electron chi connectivity index (χ2n) is 6.46. The van der Waals surface area contributed by atoms with Gasteiger partial charge in [-0.3, -0.25) is 4.79 Å². The average Bonchev–Trinajstić information content (AvgIpc) is 2.54. The van der Waals surface area contributed by atoms with Crippen LogP contribution in [0.25, 0.3) is 0 Å². The van der Waals surface area contributed by atoms with Crippen molar-refractivity contribution in [3.05, 3.63) is 65.5 Å². The van der Waals surface area contributed by atoms with Gasteiger partial charge in [-0.05, 0) is 50.5 Å². The van der Waals surface area contributed by atoms with Crippen LogP contribution < -0.4 is 5.32 Å². The molecule has 0 bridgehead atoms. The lowest BCUT2D eigenvalue weighted by molar-refractivity contribution is -0.131. The molecule has 2 aromatic carbocycles. The average molecular weight is 331 g/mol. The van der Waals surface area contributed by atoms with Crippen molar-refractivity contribution in [1.82, 2.24) is 5.32 Å². The molecule has 0 aliphatic heterocycles. The minimum atomic E-state index is -1.54. The molecule has 1 amide bonds. The van der Waals surface area contributed by atoms with Crippen LogP contribution >= 0.6 is 0 Å². The zero-order valence-corrected chi connectivity index (χ0v) is 13.8. The minimum absolute atomic E-state index is 0.0377. The number of amides is 1. The predicted octanol–water partition coefficient (Wildman–Crippen LogP) is 3.09. The van der Waals surface area contributed by atoms with E-state index in [1.165, 1.54) is 18.2 Å². The van der Waals surface area contributed by atoms with Crippen LogP contribution in [-0.4, -0.2) is 21.7 Å². The summed E-state index contributed by atoms with van der Waals surface area (Å²) in [6.07, 6.45) is -0.212. The van der Waals surface area contributed by atoms with Crippen molar-refractivity contribution in [3.63, 3.8) is 0 Å². The van der Waals surface area contributed by atoms with E-state index in [0.717, 1.165) is 5.56 Å². The Balaban J connectivity index is 1.96. The largest absolute Gasteiger partial charge is 0.508 e. The van der Waals surface area contributed by atoms with E-state index in [0.29, 0.717) is 12.8 Å². The molecule has 0 aromatic heterocycles. The lowest BCUT2D eigenvalue weighted by Gasteiger charge is -2.28. The van der Waals surface area contributed by atoms with Crippen LogP contribution in [0.5, 0.6) is 5.75 Å². The van der Waals surface area contributed by atoms with Gasteiger partial charge in [0.15, 0.2) is 6.10 Å². The van der Waals surface area contributed by atoms with Crippen molar-refractivity contribution in [2.75, 3.05) is 0 Å². The number of rotatable bonds is 6. The number of aliphatic hydroxyl groups is 1. The highest BCUT2D eigenvalue weighted by molar-refractivity contribution is 5.82. The van der Waals surface area contributed by atoms with E-state index in [1.54, 1.807) is 18.2 Å². The SMILES string of the molecule is CC(C)(CCc1ccc(O)cc1)NC(=O)C(O)c1ccccc1F. The molecule has 0 aliphatic carbocycles. The number of carbonyl (C=O) groups is 1. The van der Waals surface area contributed by atoms with Crippen molar-refractivity contribution in [2.45, 2.75) is 38.3 Å². The number of benzene rings is 2. The third-order valence-corrected chi connectivity index (χ3v) is 3.88. The van der Waals surface area contributed by atoms with Crippen molar-refractivity contribution < 1.29 is 19.4 Å². The Morgan fingerprint density at radius 2 is 1.79 bits per heavy atom. The van der Waals surface area contributed by atoms with E-state index in [2.05, 4.69) is 5.32 Å². The molecular formula is C19H22FNO3. The number of hydrogen-bond acceptors (Lipinski definition) is 3. The van der Waals surface area contributed by atoms with Crippen LogP contribution in [0, 0.1) is 5.82 Å². The van der Waals surface area contributed by atoms with Crippen LogP contribution in [0.4, 0.5) is 4.39 Å². The Bertz CT molecular complexity index is 698. The van der Waals surface area contributed by atoms with Gasteiger partial charge in [-0.1, -0.05) is 30.3 Å². The van der Waals surface area contributed by atoms with Crippen LogP contribution in [0.1, 0.15) is 37.5 Å². The number of aliphatic hydroxyl groups excluding tert-OH is 1. The minimum Gasteiger partial charge on any atom is -0.508 e. The van der Waals surface area contributed by atoms with Crippen molar-refractivity contribution in [2.24, 2.45) is 0 Å². The molecule has 0 fully saturated rings. The van der Waals surface area contributed by atoms with Gasteiger partial charge in [-0.2, -0.15) is 0 Å². The van der Waals surface area contributed by atoms with Gasteiger partial charge in [0.2, 0.25) is 0 Å². The number of nitrogens with one attached hydrogen (secondary N) is 1. The molecule has 5 heteroatoms. The van der Waals surface area contributed by atoms with Gasteiger partial charge >= 0.3 is 0 Å². The number of phenolic OH excluding ortho intramolecular Hbond substituents is 1. The second-order valence-corrected chi connectivity index (χ2v) is 6.46. The molecule has 4 nitrogen and oxygen atoms in total. The molecule has 1 atom stereocenters. The van der Waals surface area contributed by atoms with Gasteiger partial charge in [-0.15, -0.1) is 0 Å². The molecule has 2 aromatic rings. The maximum Gasteiger partial charge on any atom is 0.253 e. The summed E-state index contributed by atoms with van der Waals surface area (Å²) < 4.78 is 13.7. The number of phenols is 1. The number of carbonyl (C=O) groups excluding carboxylic acids is 1. The summed E-state index contributed by atoms with van der Waals surface area (Å²) >= 11 is 0. The standard InChI is InChI=1S/C19H22FNO3/c1-19(2,12-11-13-7-9-14(22)10-8-13)21-18(24)17(23)15-5-3-4-6-16(15)20/h3-10,17,22-23H,11-12H2,1-2H3,(H,21,24). The zero-order chi connectivity index (χ0) is 17.7. The summed E-state index contributed by atoms with van der Waals surface area (Å²) in [7, 11) is 0. The molecular weight excluding hydrogens is 309 g/mol. The molecule has 1 unspecified atom stereocenters. The molecule has 24 heavy (non-hydrogen) atoms. The molecule has 0 aliphatic rings. The van der Waals surface area contributed by atoms with Crippen molar-refractivity contribution in [1.29, 1.82) is 0 Å². The van der Waals surface area contributed by atoms with E-state index >= 15 is 0 Å². The van der Waals surface area contributed by atoms with E-state index < -0.39 is 23.4 Å². The first-order valence-electron chi connectivity index (χ1n) is 7.81. The van der Waals surface area contributed by atoms with E-state index in [4.69, 9.17) is 0 Å². The van der Waals surface area contributed by atoms with Crippen LogP contribution in [0.15, 0.2) is 48.5 Å². The Kier molecular flexibility index (Phi) is 5.57.